The molecule has 0 aliphatic heterocycles. The van der Waals surface area contributed by atoms with Crippen LogP contribution in [0, 0.1) is 0 Å². The Bertz CT molecular complexity index is 381. The van der Waals surface area contributed by atoms with Gasteiger partial charge in [0.25, 0.3) is 0 Å². The molecule has 0 amide bonds. The first-order valence-corrected chi connectivity index (χ1v) is 4.70. The maximum absolute atomic E-state index is 5.84. The Morgan fingerprint density at radius 1 is 1.50 bits per heavy atom. The summed E-state index contributed by atoms with van der Waals surface area (Å²) in [6.45, 7) is 1.95. The molecule has 1 aromatic carbocycles. The molecule has 0 saturated carbocycles. The van der Waals surface area contributed by atoms with Gasteiger partial charge in [-0.2, -0.15) is 0 Å². The molecular formula is C11H13ClN2. The molecule has 0 aliphatic rings. The van der Waals surface area contributed by atoms with E-state index >= 15 is 0 Å². The number of aliphatic imine (C=N–C) groups is 1. The molecule has 0 aromatic heterocycles. The van der Waals surface area contributed by atoms with Crippen molar-refractivity contribution < 1.29 is 0 Å². The summed E-state index contributed by atoms with van der Waals surface area (Å²) in [6.07, 6.45) is 3.74. The first kappa shape index (κ1) is 10.8. The van der Waals surface area contributed by atoms with Crippen LogP contribution in [-0.2, 0) is 0 Å². The Labute approximate surface area is 89.1 Å². The molecule has 74 valence electrons. The van der Waals surface area contributed by atoms with Gasteiger partial charge < -0.3 is 5.73 Å². The van der Waals surface area contributed by atoms with Gasteiger partial charge in [0, 0.05) is 29.5 Å². The van der Waals surface area contributed by atoms with Crippen molar-refractivity contribution in [2.24, 2.45) is 4.99 Å². The fraction of sp³-hybridized carbons (Fsp3) is 0.182. The molecule has 0 heterocycles. The number of anilines is 1. The molecule has 0 unspecified atom stereocenters. The summed E-state index contributed by atoms with van der Waals surface area (Å²) in [5.41, 5.74) is 8.48. The van der Waals surface area contributed by atoms with Crippen LogP contribution in [0.4, 0.5) is 5.69 Å². The van der Waals surface area contributed by atoms with Crippen molar-refractivity contribution in [1.29, 1.82) is 0 Å². The van der Waals surface area contributed by atoms with E-state index in [-0.39, 0.29) is 0 Å². The van der Waals surface area contributed by atoms with Gasteiger partial charge in [-0.15, -0.1) is 0 Å². The second-order valence-electron chi connectivity index (χ2n) is 2.86. The average Bonchev–Trinajstić information content (AvgIpc) is 2.15. The summed E-state index contributed by atoms with van der Waals surface area (Å²) in [5.74, 6) is 0. The van der Waals surface area contributed by atoms with Gasteiger partial charge in [-0.05, 0) is 24.6 Å². The number of benzene rings is 1. The van der Waals surface area contributed by atoms with Crippen molar-refractivity contribution in [1.82, 2.24) is 0 Å². The normalized spacial score (nSPS) is 12.4. The Balaban J connectivity index is 3.18. The molecule has 0 atom stereocenters. The van der Waals surface area contributed by atoms with E-state index in [9.17, 15) is 0 Å². The Morgan fingerprint density at radius 2 is 2.21 bits per heavy atom. The molecule has 0 aliphatic carbocycles. The Kier molecular flexibility index (Phi) is 3.72. The highest BCUT2D eigenvalue weighted by atomic mass is 35.5. The summed E-state index contributed by atoms with van der Waals surface area (Å²) in [7, 11) is 1.73. The van der Waals surface area contributed by atoms with Crippen LogP contribution in [0.3, 0.4) is 0 Å². The highest BCUT2D eigenvalue weighted by molar-refractivity contribution is 6.31. The van der Waals surface area contributed by atoms with Crippen molar-refractivity contribution in [2.75, 3.05) is 12.8 Å². The summed E-state index contributed by atoms with van der Waals surface area (Å²) in [6, 6.07) is 5.46. The number of nitrogens with zero attached hydrogens (tertiary/aromatic N) is 1. The van der Waals surface area contributed by atoms with Crippen LogP contribution in [-0.4, -0.2) is 13.3 Å². The lowest BCUT2D eigenvalue weighted by Gasteiger charge is -2.05. The van der Waals surface area contributed by atoms with Gasteiger partial charge in [0.2, 0.25) is 0 Å². The first-order chi connectivity index (χ1) is 6.69. The smallest absolute Gasteiger partial charge is 0.0426 e. The highest BCUT2D eigenvalue weighted by Gasteiger charge is 2.02. The van der Waals surface area contributed by atoms with Gasteiger partial charge >= 0.3 is 0 Å². The van der Waals surface area contributed by atoms with Gasteiger partial charge in [0.15, 0.2) is 0 Å². The molecule has 3 heteroatoms. The Morgan fingerprint density at radius 3 is 2.71 bits per heavy atom. The van der Waals surface area contributed by atoms with Gasteiger partial charge in [0.1, 0.15) is 0 Å². The Hall–Kier alpha value is -1.28. The van der Waals surface area contributed by atoms with Crippen molar-refractivity contribution in [3.05, 3.63) is 34.9 Å². The minimum atomic E-state index is 0.648. The maximum atomic E-state index is 5.84. The largest absolute Gasteiger partial charge is 0.398 e. The van der Waals surface area contributed by atoms with E-state index in [0.29, 0.717) is 10.7 Å². The van der Waals surface area contributed by atoms with E-state index in [1.165, 1.54) is 0 Å². The number of hydrogen-bond acceptors (Lipinski definition) is 2. The quantitative estimate of drug-likeness (QED) is 0.589. The van der Waals surface area contributed by atoms with Crippen LogP contribution < -0.4 is 5.73 Å². The lowest BCUT2D eigenvalue weighted by atomic mass is 10.1. The minimum absolute atomic E-state index is 0.648. The average molecular weight is 209 g/mol. The van der Waals surface area contributed by atoms with Crippen LogP contribution >= 0.6 is 11.6 Å². The first-order valence-electron chi connectivity index (χ1n) is 4.33. The number of nitrogens with two attached hydrogens (primary N) is 1. The summed E-state index contributed by atoms with van der Waals surface area (Å²) >= 11 is 5.81. The van der Waals surface area contributed by atoms with E-state index < -0.39 is 0 Å². The fourth-order valence-electron chi connectivity index (χ4n) is 1.24. The summed E-state index contributed by atoms with van der Waals surface area (Å²) < 4.78 is 0. The number of halogens is 1. The van der Waals surface area contributed by atoms with Gasteiger partial charge in [-0.1, -0.05) is 23.7 Å². The summed E-state index contributed by atoms with van der Waals surface area (Å²) in [4.78, 5) is 3.96. The molecule has 1 rings (SSSR count). The van der Waals surface area contributed by atoms with Crippen LogP contribution in [0.1, 0.15) is 12.5 Å². The number of allylic oxidation sites excluding steroid dienone is 2. The second kappa shape index (κ2) is 4.82. The van der Waals surface area contributed by atoms with Crippen molar-refractivity contribution >= 4 is 29.1 Å². The molecular weight excluding hydrogens is 196 g/mol. The minimum Gasteiger partial charge on any atom is -0.398 e. The molecule has 0 fully saturated rings. The fourth-order valence-corrected chi connectivity index (χ4v) is 1.42. The zero-order valence-electron chi connectivity index (χ0n) is 8.29. The lowest BCUT2D eigenvalue weighted by molar-refractivity contribution is 1.47. The van der Waals surface area contributed by atoms with Crippen LogP contribution in [0.25, 0.3) is 5.57 Å². The van der Waals surface area contributed by atoms with Crippen molar-refractivity contribution in [3.8, 4) is 0 Å². The van der Waals surface area contributed by atoms with E-state index in [1.54, 1.807) is 19.3 Å². The molecule has 0 spiro atoms. The van der Waals surface area contributed by atoms with E-state index in [1.807, 2.05) is 25.1 Å². The third-order valence-electron chi connectivity index (χ3n) is 1.90. The standard InChI is InChI=1S/C11H13ClN2/c1-3-8(7-14-2)10-5-4-9(12)6-11(10)13/h3-7H,13H2,1-2H3/b8-3+,14-7-. The molecule has 2 N–H and O–H groups in total. The maximum Gasteiger partial charge on any atom is 0.0426 e. The third-order valence-corrected chi connectivity index (χ3v) is 2.14. The van der Waals surface area contributed by atoms with E-state index in [2.05, 4.69) is 4.99 Å². The zero-order chi connectivity index (χ0) is 10.6. The van der Waals surface area contributed by atoms with Crippen LogP contribution in [0.15, 0.2) is 29.3 Å². The van der Waals surface area contributed by atoms with Gasteiger partial charge in [0.05, 0.1) is 0 Å². The molecule has 14 heavy (non-hydrogen) atoms. The monoisotopic (exact) mass is 208 g/mol. The molecule has 0 radical (unpaired) electrons. The SMILES string of the molecule is C/C=C(\C=N/C)c1ccc(Cl)cc1N. The van der Waals surface area contributed by atoms with Crippen LogP contribution in [0.2, 0.25) is 5.02 Å². The third kappa shape index (κ3) is 2.36. The topological polar surface area (TPSA) is 38.4 Å². The predicted molar refractivity (Wildman–Crippen MR) is 63.9 cm³/mol. The highest BCUT2D eigenvalue weighted by Crippen LogP contribution is 2.23. The van der Waals surface area contributed by atoms with E-state index in [0.717, 1.165) is 11.1 Å². The molecule has 0 saturated heterocycles. The van der Waals surface area contributed by atoms with Crippen molar-refractivity contribution in [2.45, 2.75) is 6.92 Å². The predicted octanol–water partition coefficient (Wildman–Crippen LogP) is 3.03. The molecule has 1 aromatic rings. The van der Waals surface area contributed by atoms with E-state index in [4.69, 9.17) is 17.3 Å². The summed E-state index contributed by atoms with van der Waals surface area (Å²) in [5, 5.41) is 0.648. The number of nitrogen functional groups attached to an aromatic ring is 1. The zero-order valence-corrected chi connectivity index (χ0v) is 9.05. The number of rotatable bonds is 2. The second-order valence-corrected chi connectivity index (χ2v) is 3.30. The molecule has 2 nitrogen and oxygen atoms in total. The number of hydrogen-bond donors (Lipinski definition) is 1. The van der Waals surface area contributed by atoms with Gasteiger partial charge in [-0.3, -0.25) is 4.99 Å². The lowest BCUT2D eigenvalue weighted by Crippen LogP contribution is -1.94. The van der Waals surface area contributed by atoms with Gasteiger partial charge in [-0.25, -0.2) is 0 Å². The van der Waals surface area contributed by atoms with Crippen LogP contribution in [0.5, 0.6) is 0 Å². The van der Waals surface area contributed by atoms with Crippen molar-refractivity contribution in [3.63, 3.8) is 0 Å². The molecule has 0 bridgehead atoms.